The fraction of sp³-hybridized carbons (Fsp3) is 0.600. The lowest BCUT2D eigenvalue weighted by Gasteiger charge is -2.32. The number of nitrogens with two attached hydrogens (primary N) is 1. The first-order valence-corrected chi connectivity index (χ1v) is 7.78. The van der Waals surface area contributed by atoms with Crippen LogP contribution in [0.3, 0.4) is 0 Å². The Labute approximate surface area is 110 Å². The van der Waals surface area contributed by atoms with Gasteiger partial charge in [0, 0.05) is 12.0 Å². The first-order chi connectivity index (χ1) is 8.29. The van der Waals surface area contributed by atoms with E-state index < -0.39 is 0 Å². The smallest absolute Gasteiger partial charge is 0.00732 e. The highest BCUT2D eigenvalue weighted by Crippen LogP contribution is 2.32. The van der Waals surface area contributed by atoms with E-state index in [0.717, 1.165) is 13.0 Å². The topological polar surface area (TPSA) is 26.0 Å². The molecule has 0 radical (unpaired) electrons. The Kier molecular flexibility index (Phi) is 6.68. The van der Waals surface area contributed by atoms with Crippen LogP contribution < -0.4 is 5.73 Å². The summed E-state index contributed by atoms with van der Waals surface area (Å²) in [6.07, 6.45) is 3.60. The standard InChI is InChI=1S/C15H25NS/c1-3-15(13-16,11-8-12-17-4-2)14-9-6-5-7-10-14/h5-7,9-10H,3-4,8,11-13,16H2,1-2H3. The van der Waals surface area contributed by atoms with Gasteiger partial charge in [-0.3, -0.25) is 0 Å². The Hall–Kier alpha value is -0.470. The molecule has 0 spiro atoms. The molecule has 2 N–H and O–H groups in total. The summed E-state index contributed by atoms with van der Waals surface area (Å²) < 4.78 is 0. The second kappa shape index (κ2) is 7.78. The summed E-state index contributed by atoms with van der Waals surface area (Å²) in [4.78, 5) is 0. The van der Waals surface area contributed by atoms with Crippen LogP contribution in [0.15, 0.2) is 30.3 Å². The third-order valence-corrected chi connectivity index (χ3v) is 4.59. The Morgan fingerprint density at radius 1 is 1.18 bits per heavy atom. The van der Waals surface area contributed by atoms with Gasteiger partial charge in [-0.1, -0.05) is 44.2 Å². The lowest BCUT2D eigenvalue weighted by molar-refractivity contribution is 0.386. The highest BCUT2D eigenvalue weighted by atomic mass is 32.2. The maximum absolute atomic E-state index is 6.06. The van der Waals surface area contributed by atoms with Gasteiger partial charge < -0.3 is 5.73 Å². The molecule has 0 heterocycles. The first-order valence-electron chi connectivity index (χ1n) is 6.62. The normalized spacial score (nSPS) is 14.5. The van der Waals surface area contributed by atoms with Gasteiger partial charge in [-0.05, 0) is 36.3 Å². The molecule has 1 unspecified atom stereocenters. The van der Waals surface area contributed by atoms with Gasteiger partial charge in [0.05, 0.1) is 0 Å². The minimum absolute atomic E-state index is 0.190. The number of hydrogen-bond acceptors (Lipinski definition) is 2. The molecular weight excluding hydrogens is 226 g/mol. The molecule has 2 heteroatoms. The highest BCUT2D eigenvalue weighted by molar-refractivity contribution is 7.99. The van der Waals surface area contributed by atoms with Gasteiger partial charge in [-0.25, -0.2) is 0 Å². The van der Waals surface area contributed by atoms with Crippen molar-refractivity contribution in [3.8, 4) is 0 Å². The summed E-state index contributed by atoms with van der Waals surface area (Å²) in [5.41, 5.74) is 7.66. The van der Waals surface area contributed by atoms with Crippen LogP contribution in [-0.4, -0.2) is 18.1 Å². The monoisotopic (exact) mass is 251 g/mol. The van der Waals surface area contributed by atoms with Gasteiger partial charge in [0.1, 0.15) is 0 Å². The molecule has 0 fully saturated rings. The van der Waals surface area contributed by atoms with Crippen molar-refractivity contribution in [2.75, 3.05) is 18.1 Å². The van der Waals surface area contributed by atoms with Crippen molar-refractivity contribution in [3.63, 3.8) is 0 Å². The molecule has 0 aliphatic heterocycles. The first kappa shape index (κ1) is 14.6. The molecule has 0 amide bonds. The van der Waals surface area contributed by atoms with Crippen LogP contribution in [0.5, 0.6) is 0 Å². The number of rotatable bonds is 8. The van der Waals surface area contributed by atoms with Crippen molar-refractivity contribution in [1.82, 2.24) is 0 Å². The van der Waals surface area contributed by atoms with Gasteiger partial charge in [0.2, 0.25) is 0 Å². The van der Waals surface area contributed by atoms with Crippen LogP contribution >= 0.6 is 11.8 Å². The molecule has 0 aliphatic rings. The molecule has 1 aromatic carbocycles. The van der Waals surface area contributed by atoms with E-state index in [-0.39, 0.29) is 5.41 Å². The van der Waals surface area contributed by atoms with E-state index in [2.05, 4.69) is 44.2 Å². The van der Waals surface area contributed by atoms with Crippen molar-refractivity contribution < 1.29 is 0 Å². The third-order valence-electron chi connectivity index (χ3n) is 3.60. The molecule has 0 saturated heterocycles. The number of thioether (sulfide) groups is 1. The van der Waals surface area contributed by atoms with Gasteiger partial charge in [0.25, 0.3) is 0 Å². The third kappa shape index (κ3) is 4.04. The predicted octanol–water partition coefficient (Wildman–Crippen LogP) is 3.83. The summed E-state index contributed by atoms with van der Waals surface area (Å²) in [7, 11) is 0. The van der Waals surface area contributed by atoms with E-state index >= 15 is 0 Å². The van der Waals surface area contributed by atoms with Gasteiger partial charge in [0.15, 0.2) is 0 Å². The Morgan fingerprint density at radius 3 is 2.41 bits per heavy atom. The minimum atomic E-state index is 0.190. The predicted molar refractivity (Wildman–Crippen MR) is 79.7 cm³/mol. The van der Waals surface area contributed by atoms with Gasteiger partial charge >= 0.3 is 0 Å². The van der Waals surface area contributed by atoms with Crippen LogP contribution in [0.2, 0.25) is 0 Å². The summed E-state index contributed by atoms with van der Waals surface area (Å²) >= 11 is 2.02. The van der Waals surface area contributed by atoms with E-state index in [9.17, 15) is 0 Å². The zero-order valence-corrected chi connectivity index (χ0v) is 11.9. The maximum atomic E-state index is 6.06. The zero-order chi connectivity index (χ0) is 12.6. The molecule has 1 rings (SSSR count). The number of benzene rings is 1. The van der Waals surface area contributed by atoms with E-state index in [4.69, 9.17) is 5.73 Å². The second-order valence-corrected chi connectivity index (χ2v) is 5.90. The van der Waals surface area contributed by atoms with Crippen molar-refractivity contribution in [2.24, 2.45) is 5.73 Å². The fourth-order valence-corrected chi connectivity index (χ4v) is 2.98. The molecule has 0 bridgehead atoms. The zero-order valence-electron chi connectivity index (χ0n) is 11.1. The van der Waals surface area contributed by atoms with Crippen LogP contribution in [0.25, 0.3) is 0 Å². The minimum Gasteiger partial charge on any atom is -0.330 e. The Balaban J connectivity index is 2.68. The molecular formula is C15H25NS. The van der Waals surface area contributed by atoms with Crippen LogP contribution in [0.4, 0.5) is 0 Å². The van der Waals surface area contributed by atoms with Crippen LogP contribution in [0.1, 0.15) is 38.7 Å². The van der Waals surface area contributed by atoms with Crippen molar-refractivity contribution >= 4 is 11.8 Å². The largest absolute Gasteiger partial charge is 0.330 e. The summed E-state index contributed by atoms with van der Waals surface area (Å²) in [5.74, 6) is 2.47. The average molecular weight is 251 g/mol. The molecule has 0 saturated carbocycles. The number of hydrogen-bond donors (Lipinski definition) is 1. The Bertz CT molecular complexity index is 293. The molecule has 0 aromatic heterocycles. The fourth-order valence-electron chi connectivity index (χ4n) is 2.34. The quantitative estimate of drug-likeness (QED) is 0.711. The molecule has 1 nitrogen and oxygen atoms in total. The summed E-state index contributed by atoms with van der Waals surface area (Å²) in [6, 6.07) is 10.8. The lowest BCUT2D eigenvalue weighted by atomic mass is 9.75. The molecule has 96 valence electrons. The van der Waals surface area contributed by atoms with E-state index in [1.165, 1.54) is 29.9 Å². The van der Waals surface area contributed by atoms with Crippen LogP contribution in [-0.2, 0) is 5.41 Å². The molecule has 17 heavy (non-hydrogen) atoms. The van der Waals surface area contributed by atoms with Crippen LogP contribution in [0, 0.1) is 0 Å². The SMILES string of the molecule is CCSCCCC(CC)(CN)c1ccccc1. The lowest BCUT2D eigenvalue weighted by Crippen LogP contribution is -2.34. The van der Waals surface area contributed by atoms with E-state index in [0.29, 0.717) is 0 Å². The highest BCUT2D eigenvalue weighted by Gasteiger charge is 2.27. The van der Waals surface area contributed by atoms with Gasteiger partial charge in [-0.15, -0.1) is 0 Å². The molecule has 0 aliphatic carbocycles. The summed E-state index contributed by atoms with van der Waals surface area (Å²) in [6.45, 7) is 5.23. The Morgan fingerprint density at radius 2 is 1.88 bits per heavy atom. The van der Waals surface area contributed by atoms with E-state index in [1.54, 1.807) is 0 Å². The maximum Gasteiger partial charge on any atom is 0.00732 e. The molecule has 1 aromatic rings. The van der Waals surface area contributed by atoms with Crippen molar-refractivity contribution in [2.45, 2.75) is 38.5 Å². The van der Waals surface area contributed by atoms with Crippen molar-refractivity contribution in [3.05, 3.63) is 35.9 Å². The second-order valence-electron chi connectivity index (χ2n) is 4.50. The summed E-state index contributed by atoms with van der Waals surface area (Å²) in [5, 5.41) is 0. The van der Waals surface area contributed by atoms with Gasteiger partial charge in [-0.2, -0.15) is 11.8 Å². The average Bonchev–Trinajstić information content (AvgIpc) is 2.41. The van der Waals surface area contributed by atoms with Crippen molar-refractivity contribution in [1.29, 1.82) is 0 Å². The van der Waals surface area contributed by atoms with E-state index in [1.807, 2.05) is 11.8 Å². The molecule has 1 atom stereocenters.